The fourth-order valence-electron chi connectivity index (χ4n) is 1.74. The van der Waals surface area contributed by atoms with Crippen molar-refractivity contribution in [2.24, 2.45) is 5.73 Å². The Labute approximate surface area is 103 Å². The molecule has 0 bridgehead atoms. The molecular weight excluding hydrogens is 215 g/mol. The maximum Gasteiger partial charge on any atom is 0.126 e. The van der Waals surface area contributed by atoms with Crippen molar-refractivity contribution in [3.63, 3.8) is 0 Å². The van der Waals surface area contributed by atoms with Crippen molar-refractivity contribution in [3.8, 4) is 0 Å². The average molecular weight is 236 g/mol. The van der Waals surface area contributed by atoms with E-state index in [4.69, 9.17) is 5.73 Å². The Morgan fingerprint density at radius 1 is 1.47 bits per heavy atom. The van der Waals surface area contributed by atoms with Gasteiger partial charge in [0.2, 0.25) is 0 Å². The molecule has 3 N–H and O–H groups in total. The molecule has 0 fully saturated rings. The monoisotopic (exact) mass is 236 g/mol. The summed E-state index contributed by atoms with van der Waals surface area (Å²) in [5.74, 6) is -0.169. The van der Waals surface area contributed by atoms with E-state index in [1.807, 2.05) is 19.1 Å². The lowest BCUT2D eigenvalue weighted by molar-refractivity contribution is 0.360. The van der Waals surface area contributed by atoms with Crippen molar-refractivity contribution in [3.05, 3.63) is 48.3 Å². The van der Waals surface area contributed by atoms with Gasteiger partial charge in [-0.2, -0.15) is 0 Å². The zero-order valence-corrected chi connectivity index (χ0v) is 10.4. The Bertz CT molecular complexity index is 365. The fraction of sp³-hybridized carbons (Fsp3) is 0.429. The highest BCUT2D eigenvalue weighted by atomic mass is 19.1. The second kappa shape index (κ2) is 6.52. The van der Waals surface area contributed by atoms with Crippen molar-refractivity contribution in [1.82, 2.24) is 5.32 Å². The minimum Gasteiger partial charge on any atom is -0.329 e. The number of hydrogen-bond acceptors (Lipinski definition) is 2. The van der Waals surface area contributed by atoms with Crippen molar-refractivity contribution in [2.75, 3.05) is 13.1 Å². The summed E-state index contributed by atoms with van der Waals surface area (Å²) in [7, 11) is 0. The van der Waals surface area contributed by atoms with Crippen LogP contribution in [0, 0.1) is 5.82 Å². The first-order chi connectivity index (χ1) is 8.11. The van der Waals surface area contributed by atoms with E-state index < -0.39 is 0 Å². The van der Waals surface area contributed by atoms with Crippen LogP contribution in [-0.4, -0.2) is 18.6 Å². The highest BCUT2D eigenvalue weighted by molar-refractivity contribution is 5.20. The number of hydrogen-bond donors (Lipinski definition) is 2. The van der Waals surface area contributed by atoms with Crippen molar-refractivity contribution >= 4 is 0 Å². The van der Waals surface area contributed by atoms with E-state index in [1.54, 1.807) is 12.1 Å². The first kappa shape index (κ1) is 13.9. The molecule has 2 nitrogen and oxygen atoms in total. The van der Waals surface area contributed by atoms with Crippen LogP contribution in [0.1, 0.15) is 18.9 Å². The van der Waals surface area contributed by atoms with Crippen LogP contribution >= 0.6 is 0 Å². The van der Waals surface area contributed by atoms with Gasteiger partial charge in [-0.05, 0) is 37.9 Å². The van der Waals surface area contributed by atoms with E-state index in [0.717, 1.165) is 13.0 Å². The van der Waals surface area contributed by atoms with Crippen LogP contribution in [0.15, 0.2) is 36.9 Å². The molecule has 0 aliphatic carbocycles. The molecule has 0 saturated carbocycles. The summed E-state index contributed by atoms with van der Waals surface area (Å²) in [6.45, 7) is 6.97. The fourth-order valence-corrected chi connectivity index (χ4v) is 1.74. The molecule has 94 valence electrons. The van der Waals surface area contributed by atoms with Crippen molar-refractivity contribution < 1.29 is 4.39 Å². The van der Waals surface area contributed by atoms with Crippen LogP contribution in [-0.2, 0) is 6.42 Å². The Morgan fingerprint density at radius 3 is 2.76 bits per heavy atom. The standard InChI is InChI=1S/C14H21FN2/c1-3-4-9-17-14(2,11-16)10-12-7-5-6-8-13(12)15/h3,5-8,17H,1,4,9-11,16H2,2H3. The number of benzene rings is 1. The molecule has 3 heteroatoms. The summed E-state index contributed by atoms with van der Waals surface area (Å²) in [6, 6.07) is 6.83. The van der Waals surface area contributed by atoms with Crippen molar-refractivity contribution in [2.45, 2.75) is 25.3 Å². The summed E-state index contributed by atoms with van der Waals surface area (Å²) < 4.78 is 13.6. The Balaban J connectivity index is 2.67. The van der Waals surface area contributed by atoms with E-state index in [-0.39, 0.29) is 11.4 Å². The van der Waals surface area contributed by atoms with Crippen molar-refractivity contribution in [1.29, 1.82) is 0 Å². The maximum absolute atomic E-state index is 13.6. The van der Waals surface area contributed by atoms with Crippen LogP contribution in [0.5, 0.6) is 0 Å². The second-order valence-corrected chi connectivity index (χ2v) is 4.54. The van der Waals surface area contributed by atoms with Crippen LogP contribution in [0.3, 0.4) is 0 Å². The SMILES string of the molecule is C=CCCNC(C)(CN)Cc1ccccc1F. The predicted molar refractivity (Wildman–Crippen MR) is 70.4 cm³/mol. The predicted octanol–water partition coefficient (Wildman–Crippen LogP) is 2.25. The smallest absolute Gasteiger partial charge is 0.126 e. The summed E-state index contributed by atoms with van der Waals surface area (Å²) in [6.07, 6.45) is 3.33. The maximum atomic E-state index is 13.6. The Kier molecular flexibility index (Phi) is 5.32. The molecule has 1 rings (SSSR count). The van der Waals surface area contributed by atoms with Gasteiger partial charge < -0.3 is 11.1 Å². The first-order valence-electron chi connectivity index (χ1n) is 5.91. The van der Waals surface area contributed by atoms with Crippen LogP contribution in [0.4, 0.5) is 4.39 Å². The lowest BCUT2D eigenvalue weighted by atomic mass is 9.92. The second-order valence-electron chi connectivity index (χ2n) is 4.54. The van der Waals surface area contributed by atoms with Gasteiger partial charge in [0.1, 0.15) is 5.82 Å². The number of nitrogens with one attached hydrogen (secondary N) is 1. The Hall–Kier alpha value is -1.19. The molecule has 0 radical (unpaired) electrons. The van der Waals surface area contributed by atoms with Crippen LogP contribution in [0.25, 0.3) is 0 Å². The molecule has 0 aliphatic rings. The van der Waals surface area contributed by atoms with Gasteiger partial charge in [0.25, 0.3) is 0 Å². The quantitative estimate of drug-likeness (QED) is 0.563. The van der Waals surface area contributed by atoms with Gasteiger partial charge >= 0.3 is 0 Å². The number of rotatable bonds is 7. The van der Waals surface area contributed by atoms with E-state index in [0.29, 0.717) is 18.5 Å². The highest BCUT2D eigenvalue weighted by Gasteiger charge is 2.23. The van der Waals surface area contributed by atoms with E-state index in [1.165, 1.54) is 6.07 Å². The van der Waals surface area contributed by atoms with Gasteiger partial charge in [-0.1, -0.05) is 24.3 Å². The topological polar surface area (TPSA) is 38.0 Å². The normalized spacial score (nSPS) is 14.3. The molecule has 0 aliphatic heterocycles. The minimum absolute atomic E-state index is 0.169. The lowest BCUT2D eigenvalue weighted by Gasteiger charge is -2.29. The molecule has 17 heavy (non-hydrogen) atoms. The minimum atomic E-state index is -0.273. The summed E-state index contributed by atoms with van der Waals surface area (Å²) in [5, 5.41) is 3.36. The van der Waals surface area contributed by atoms with Gasteiger partial charge in [0.15, 0.2) is 0 Å². The average Bonchev–Trinajstić information content (AvgIpc) is 2.33. The molecule has 0 saturated heterocycles. The van der Waals surface area contributed by atoms with Gasteiger partial charge in [-0.25, -0.2) is 4.39 Å². The van der Waals surface area contributed by atoms with Crippen LogP contribution < -0.4 is 11.1 Å². The summed E-state index contributed by atoms with van der Waals surface area (Å²) in [5.41, 5.74) is 6.20. The van der Waals surface area contributed by atoms with E-state index >= 15 is 0 Å². The molecule has 0 aromatic heterocycles. The van der Waals surface area contributed by atoms with Crippen LogP contribution in [0.2, 0.25) is 0 Å². The van der Waals surface area contributed by atoms with Gasteiger partial charge in [0.05, 0.1) is 0 Å². The lowest BCUT2D eigenvalue weighted by Crippen LogP contribution is -2.50. The molecule has 1 aromatic carbocycles. The first-order valence-corrected chi connectivity index (χ1v) is 5.91. The molecule has 0 amide bonds. The molecular formula is C14H21FN2. The van der Waals surface area contributed by atoms with Gasteiger partial charge in [0, 0.05) is 12.1 Å². The largest absolute Gasteiger partial charge is 0.329 e. The third kappa shape index (κ3) is 4.29. The number of halogens is 1. The molecule has 0 spiro atoms. The zero-order chi connectivity index (χ0) is 12.7. The van der Waals surface area contributed by atoms with Gasteiger partial charge in [-0.3, -0.25) is 0 Å². The third-order valence-corrected chi connectivity index (χ3v) is 2.89. The summed E-state index contributed by atoms with van der Waals surface area (Å²) >= 11 is 0. The molecule has 1 aromatic rings. The zero-order valence-electron chi connectivity index (χ0n) is 10.4. The van der Waals surface area contributed by atoms with E-state index in [9.17, 15) is 4.39 Å². The van der Waals surface area contributed by atoms with Gasteiger partial charge in [-0.15, -0.1) is 6.58 Å². The third-order valence-electron chi connectivity index (χ3n) is 2.89. The Morgan fingerprint density at radius 2 is 2.18 bits per heavy atom. The molecule has 1 unspecified atom stereocenters. The molecule has 0 heterocycles. The summed E-state index contributed by atoms with van der Waals surface area (Å²) in [4.78, 5) is 0. The number of nitrogens with two attached hydrogens (primary N) is 1. The van der Waals surface area contributed by atoms with E-state index in [2.05, 4.69) is 11.9 Å². The highest BCUT2D eigenvalue weighted by Crippen LogP contribution is 2.15. The molecule has 1 atom stereocenters.